The molecule has 0 aromatic heterocycles. The largest absolute Gasteiger partial charge is 0.0916 e. The first-order chi connectivity index (χ1) is 7.90. The van der Waals surface area contributed by atoms with Gasteiger partial charge in [-0.1, -0.05) is 48.5 Å². The van der Waals surface area contributed by atoms with Gasteiger partial charge in [-0.15, -0.1) is 0 Å². The average Bonchev–Trinajstić information content (AvgIpc) is 2.75. The Morgan fingerprint density at radius 1 is 0.882 bits per heavy atom. The van der Waals surface area contributed by atoms with Crippen LogP contribution in [-0.2, 0) is 0 Å². The normalized spacial score (nSPS) is 44.1. The molecule has 0 aromatic carbocycles. The molecule has 0 spiro atoms. The third-order valence-corrected chi connectivity index (χ3v) is 10.3. The summed E-state index contributed by atoms with van der Waals surface area (Å²) in [6.07, 6.45) is 10.8. The Morgan fingerprint density at radius 3 is 2.00 bits per heavy atom. The smallest absolute Gasteiger partial charge is 0.0144 e. The molecule has 17 heavy (non-hydrogen) atoms. The fourth-order valence-corrected chi connectivity index (χ4v) is 10.9. The molecule has 1 heterocycles. The van der Waals surface area contributed by atoms with E-state index in [9.17, 15) is 0 Å². The van der Waals surface area contributed by atoms with E-state index < -0.39 is 0 Å². The van der Waals surface area contributed by atoms with E-state index >= 15 is 0 Å². The third kappa shape index (κ3) is 1.99. The minimum atomic E-state index is 0.226. The van der Waals surface area contributed by atoms with Crippen LogP contribution in [0.15, 0.2) is 0 Å². The SMILES string of the molecule is CC1(C)CCCC(C)(C)P1C1CC2CCC1C2. The Bertz CT molecular complexity index is 289. The van der Waals surface area contributed by atoms with Gasteiger partial charge >= 0.3 is 0 Å². The van der Waals surface area contributed by atoms with Gasteiger partial charge in [0, 0.05) is 0 Å². The molecule has 3 fully saturated rings. The third-order valence-electron chi connectivity index (χ3n) is 5.91. The molecular formula is C16H29P. The molecule has 2 saturated carbocycles. The van der Waals surface area contributed by atoms with Gasteiger partial charge in [0.05, 0.1) is 0 Å². The highest BCUT2D eigenvalue weighted by atomic mass is 31.1. The summed E-state index contributed by atoms with van der Waals surface area (Å²) in [5, 5.41) is 1.32. The van der Waals surface area contributed by atoms with Crippen molar-refractivity contribution in [2.24, 2.45) is 11.8 Å². The van der Waals surface area contributed by atoms with Gasteiger partial charge in [-0.3, -0.25) is 0 Å². The molecule has 0 radical (unpaired) electrons. The summed E-state index contributed by atoms with van der Waals surface area (Å²) in [5.41, 5.74) is 1.13. The maximum Gasteiger partial charge on any atom is -0.0144 e. The van der Waals surface area contributed by atoms with Gasteiger partial charge in [-0.25, -0.2) is 0 Å². The molecule has 98 valence electrons. The highest BCUT2D eigenvalue weighted by molar-refractivity contribution is 7.61. The molecule has 3 rings (SSSR count). The number of hydrogen-bond donors (Lipinski definition) is 0. The topological polar surface area (TPSA) is 0 Å². The second-order valence-corrected chi connectivity index (χ2v) is 11.9. The summed E-state index contributed by atoms with van der Waals surface area (Å²) in [7, 11) is 0.226. The van der Waals surface area contributed by atoms with Gasteiger partial charge in [0.1, 0.15) is 0 Å². The first-order valence-electron chi connectivity index (χ1n) is 7.70. The summed E-state index contributed by atoms with van der Waals surface area (Å²) in [6.45, 7) is 10.4. The molecule has 0 aromatic rings. The Hall–Kier alpha value is 0.430. The van der Waals surface area contributed by atoms with E-state index in [-0.39, 0.29) is 7.92 Å². The molecule has 1 heteroatoms. The molecule has 2 bridgehead atoms. The van der Waals surface area contributed by atoms with E-state index in [1.165, 1.54) is 19.3 Å². The van der Waals surface area contributed by atoms with E-state index in [4.69, 9.17) is 0 Å². The van der Waals surface area contributed by atoms with Crippen LogP contribution in [0, 0.1) is 11.8 Å². The Morgan fingerprint density at radius 2 is 1.53 bits per heavy atom. The maximum atomic E-state index is 2.59. The molecule has 3 unspecified atom stereocenters. The van der Waals surface area contributed by atoms with Crippen molar-refractivity contribution in [2.45, 2.75) is 88.6 Å². The van der Waals surface area contributed by atoms with E-state index in [2.05, 4.69) is 27.7 Å². The quantitative estimate of drug-likeness (QED) is 0.548. The lowest BCUT2D eigenvalue weighted by atomic mass is 9.97. The zero-order chi connectivity index (χ0) is 12.3. The highest BCUT2D eigenvalue weighted by Gasteiger charge is 2.53. The van der Waals surface area contributed by atoms with Crippen LogP contribution < -0.4 is 0 Å². The van der Waals surface area contributed by atoms with Gasteiger partial charge in [0.2, 0.25) is 0 Å². The predicted molar refractivity (Wildman–Crippen MR) is 78.2 cm³/mol. The molecule has 0 N–H and O–H groups in total. The summed E-state index contributed by atoms with van der Waals surface area (Å²) < 4.78 is 0. The van der Waals surface area contributed by atoms with Gasteiger partial charge < -0.3 is 0 Å². The van der Waals surface area contributed by atoms with Crippen molar-refractivity contribution in [2.75, 3.05) is 0 Å². The van der Waals surface area contributed by atoms with Crippen molar-refractivity contribution in [3.63, 3.8) is 0 Å². The van der Waals surface area contributed by atoms with E-state index in [1.807, 2.05) is 0 Å². The molecule has 3 aliphatic rings. The van der Waals surface area contributed by atoms with Crippen LogP contribution in [0.25, 0.3) is 0 Å². The molecule has 1 aliphatic heterocycles. The lowest BCUT2D eigenvalue weighted by Crippen LogP contribution is -2.40. The Kier molecular flexibility index (Phi) is 2.90. The first-order valence-corrected chi connectivity index (χ1v) is 9.11. The van der Waals surface area contributed by atoms with E-state index in [1.54, 1.807) is 25.7 Å². The van der Waals surface area contributed by atoms with Gasteiger partial charge in [-0.05, 0) is 59.9 Å². The lowest BCUT2D eigenvalue weighted by Gasteiger charge is -2.54. The summed E-state index contributed by atoms with van der Waals surface area (Å²) in [6, 6.07) is 0. The van der Waals surface area contributed by atoms with Crippen molar-refractivity contribution in [1.82, 2.24) is 0 Å². The van der Waals surface area contributed by atoms with Crippen molar-refractivity contribution < 1.29 is 0 Å². The first kappa shape index (κ1) is 12.5. The van der Waals surface area contributed by atoms with Gasteiger partial charge in [0.25, 0.3) is 0 Å². The minimum absolute atomic E-state index is 0.226. The van der Waals surface area contributed by atoms with Crippen LogP contribution in [0.3, 0.4) is 0 Å². The van der Waals surface area contributed by atoms with Crippen LogP contribution in [-0.4, -0.2) is 16.0 Å². The standard InChI is InChI=1S/C16H29P/c1-15(2)8-5-9-16(3,4)17(15)14-11-12-6-7-13(14)10-12/h12-14H,5-11H2,1-4H3. The van der Waals surface area contributed by atoms with E-state index in [0.29, 0.717) is 10.3 Å². The zero-order valence-electron chi connectivity index (χ0n) is 12.1. The highest BCUT2D eigenvalue weighted by Crippen LogP contribution is 2.73. The van der Waals surface area contributed by atoms with Crippen LogP contribution >= 0.6 is 7.92 Å². The maximum absolute atomic E-state index is 2.59. The molecule has 0 nitrogen and oxygen atoms in total. The average molecular weight is 252 g/mol. The van der Waals surface area contributed by atoms with Crippen LogP contribution in [0.2, 0.25) is 0 Å². The van der Waals surface area contributed by atoms with Crippen molar-refractivity contribution in [3.05, 3.63) is 0 Å². The van der Waals surface area contributed by atoms with Gasteiger partial charge in [0.15, 0.2) is 0 Å². The van der Waals surface area contributed by atoms with Crippen molar-refractivity contribution in [1.29, 1.82) is 0 Å². The second kappa shape index (κ2) is 3.96. The Labute approximate surface area is 109 Å². The van der Waals surface area contributed by atoms with Crippen LogP contribution in [0.5, 0.6) is 0 Å². The monoisotopic (exact) mass is 252 g/mol. The summed E-state index contributed by atoms with van der Waals surface area (Å²) in [5.74, 6) is 2.25. The second-order valence-electron chi connectivity index (χ2n) is 8.09. The fourth-order valence-electron chi connectivity index (χ4n) is 5.44. The molecule has 0 amide bonds. The van der Waals surface area contributed by atoms with Crippen LogP contribution in [0.1, 0.15) is 72.6 Å². The van der Waals surface area contributed by atoms with Crippen molar-refractivity contribution >= 4 is 7.92 Å². The van der Waals surface area contributed by atoms with E-state index in [0.717, 1.165) is 17.5 Å². The summed E-state index contributed by atoms with van der Waals surface area (Å²) >= 11 is 0. The minimum Gasteiger partial charge on any atom is -0.0916 e. The van der Waals surface area contributed by atoms with Gasteiger partial charge in [-0.2, -0.15) is 0 Å². The zero-order valence-corrected chi connectivity index (χ0v) is 13.0. The summed E-state index contributed by atoms with van der Waals surface area (Å²) in [4.78, 5) is 0. The number of fused-ring (bicyclic) bond motifs is 2. The molecule has 2 aliphatic carbocycles. The molecular weight excluding hydrogens is 223 g/mol. The van der Waals surface area contributed by atoms with Crippen LogP contribution in [0.4, 0.5) is 0 Å². The molecule has 3 atom stereocenters. The predicted octanol–water partition coefficient (Wildman–Crippen LogP) is 5.40. The molecule has 1 saturated heterocycles. The fraction of sp³-hybridized carbons (Fsp3) is 1.00. The van der Waals surface area contributed by atoms with Crippen molar-refractivity contribution in [3.8, 4) is 0 Å². The Balaban J connectivity index is 1.87. The number of hydrogen-bond acceptors (Lipinski definition) is 0. The lowest BCUT2D eigenvalue weighted by molar-refractivity contribution is 0.428. The number of rotatable bonds is 1.